The van der Waals surface area contributed by atoms with Crippen LogP contribution in [0.1, 0.15) is 123 Å². The van der Waals surface area contributed by atoms with E-state index in [-0.39, 0.29) is 0 Å². The summed E-state index contributed by atoms with van der Waals surface area (Å²) in [6, 6.07) is 0. The number of hydrogen-bond donors (Lipinski definition) is 0. The molecule has 2 rings (SSSR count). The smallest absolute Gasteiger partial charge is 0.0357 e. The summed E-state index contributed by atoms with van der Waals surface area (Å²) in [4.78, 5) is 0. The van der Waals surface area contributed by atoms with Gasteiger partial charge in [-0.1, -0.05) is 117 Å². The van der Waals surface area contributed by atoms with Gasteiger partial charge in [-0.25, -0.2) is 0 Å². The highest BCUT2D eigenvalue weighted by molar-refractivity contribution is 4.83. The van der Waals surface area contributed by atoms with Crippen molar-refractivity contribution in [3.63, 3.8) is 0 Å². The predicted octanol–water partition coefficient (Wildman–Crippen LogP) is 8.15. The van der Waals surface area contributed by atoms with E-state index < -0.39 is 0 Å². The monoisotopic (exact) mass is 320 g/mol. The minimum absolute atomic E-state index is 0.985. The molecular weight excluding hydrogens is 276 g/mol. The molecule has 0 aromatic rings. The normalized spacial score (nSPS) is 25.3. The summed E-state index contributed by atoms with van der Waals surface area (Å²) < 4.78 is 0. The van der Waals surface area contributed by atoms with Crippen LogP contribution in [0.2, 0.25) is 0 Å². The summed E-state index contributed by atoms with van der Waals surface area (Å²) >= 11 is 0. The van der Waals surface area contributed by atoms with E-state index in [2.05, 4.69) is 13.8 Å². The Hall–Kier alpha value is 0. The van der Waals surface area contributed by atoms with Crippen LogP contribution in [0.15, 0.2) is 0 Å². The van der Waals surface area contributed by atoms with Gasteiger partial charge >= 0.3 is 0 Å². The molecular formula is C23H44. The largest absolute Gasteiger partial charge is 0.0654 e. The maximum Gasteiger partial charge on any atom is -0.0357 e. The van der Waals surface area contributed by atoms with Crippen molar-refractivity contribution in [3.05, 3.63) is 0 Å². The van der Waals surface area contributed by atoms with Gasteiger partial charge in [0.15, 0.2) is 0 Å². The molecule has 0 spiro atoms. The Kier molecular flexibility index (Phi) is 9.69. The maximum absolute atomic E-state index is 2.59. The van der Waals surface area contributed by atoms with Crippen molar-refractivity contribution < 1.29 is 0 Å². The van der Waals surface area contributed by atoms with E-state index in [4.69, 9.17) is 0 Å². The van der Waals surface area contributed by atoms with Crippen LogP contribution in [0.25, 0.3) is 0 Å². The van der Waals surface area contributed by atoms with E-state index in [1.54, 1.807) is 32.1 Å². The molecule has 2 aliphatic carbocycles. The number of unbranched alkanes of at least 4 members (excludes halogenated alkanes) is 1. The van der Waals surface area contributed by atoms with Crippen molar-refractivity contribution in [2.45, 2.75) is 123 Å². The van der Waals surface area contributed by atoms with Gasteiger partial charge in [0.25, 0.3) is 0 Å². The SMILES string of the molecule is CCCCC(C)C(CC1CCCCCCCCCC1)C1CCC1. The third-order valence-electron chi connectivity index (χ3n) is 7.08. The Labute approximate surface area is 147 Å². The van der Waals surface area contributed by atoms with Gasteiger partial charge in [-0.15, -0.1) is 0 Å². The first kappa shape index (κ1) is 19.3. The molecule has 0 radical (unpaired) electrons. The molecule has 0 amide bonds. The lowest BCUT2D eigenvalue weighted by Crippen LogP contribution is -2.29. The molecule has 2 fully saturated rings. The minimum Gasteiger partial charge on any atom is -0.0654 e. The molecule has 2 aliphatic rings. The molecule has 0 aromatic carbocycles. The van der Waals surface area contributed by atoms with Gasteiger partial charge in [0.1, 0.15) is 0 Å². The second-order valence-corrected chi connectivity index (χ2v) is 8.98. The lowest BCUT2D eigenvalue weighted by atomic mass is 9.66. The van der Waals surface area contributed by atoms with Crippen molar-refractivity contribution in [1.82, 2.24) is 0 Å². The summed E-state index contributed by atoms with van der Waals surface area (Å²) in [6.07, 6.45) is 25.7. The second-order valence-electron chi connectivity index (χ2n) is 8.98. The van der Waals surface area contributed by atoms with Crippen molar-refractivity contribution in [2.75, 3.05) is 0 Å². The topological polar surface area (TPSA) is 0 Å². The van der Waals surface area contributed by atoms with Crippen molar-refractivity contribution in [1.29, 1.82) is 0 Å². The molecule has 0 nitrogen and oxygen atoms in total. The Bertz CT molecular complexity index is 266. The minimum atomic E-state index is 0.985. The van der Waals surface area contributed by atoms with Crippen LogP contribution in [0, 0.1) is 23.7 Å². The average Bonchev–Trinajstić information content (AvgIpc) is 2.56. The highest BCUT2D eigenvalue weighted by Crippen LogP contribution is 2.43. The fraction of sp³-hybridized carbons (Fsp3) is 1.00. The average molecular weight is 321 g/mol. The molecule has 2 unspecified atom stereocenters. The van der Waals surface area contributed by atoms with Crippen LogP contribution in [-0.2, 0) is 0 Å². The van der Waals surface area contributed by atoms with E-state index in [0.717, 1.165) is 23.7 Å². The quantitative estimate of drug-likeness (QED) is 0.444. The Morgan fingerprint density at radius 2 is 1.30 bits per heavy atom. The number of hydrogen-bond acceptors (Lipinski definition) is 0. The fourth-order valence-electron chi connectivity index (χ4n) is 5.19. The van der Waals surface area contributed by atoms with E-state index in [1.807, 2.05) is 0 Å². The van der Waals surface area contributed by atoms with Gasteiger partial charge < -0.3 is 0 Å². The molecule has 2 saturated carbocycles. The first-order valence-corrected chi connectivity index (χ1v) is 11.3. The molecule has 23 heavy (non-hydrogen) atoms. The van der Waals surface area contributed by atoms with Crippen LogP contribution in [0.5, 0.6) is 0 Å². The second kappa shape index (κ2) is 11.5. The van der Waals surface area contributed by atoms with Crippen molar-refractivity contribution >= 4 is 0 Å². The van der Waals surface area contributed by atoms with E-state index in [1.165, 1.54) is 77.0 Å². The zero-order valence-corrected chi connectivity index (χ0v) is 16.3. The third-order valence-corrected chi connectivity index (χ3v) is 7.08. The van der Waals surface area contributed by atoms with Gasteiger partial charge in [0.05, 0.1) is 0 Å². The predicted molar refractivity (Wildman–Crippen MR) is 104 cm³/mol. The lowest BCUT2D eigenvalue weighted by Gasteiger charge is -2.39. The van der Waals surface area contributed by atoms with Crippen LogP contribution < -0.4 is 0 Å². The van der Waals surface area contributed by atoms with Gasteiger partial charge in [0, 0.05) is 0 Å². The highest BCUT2D eigenvalue weighted by atomic mass is 14.4. The molecule has 0 heterocycles. The van der Waals surface area contributed by atoms with Gasteiger partial charge in [-0.2, -0.15) is 0 Å². The lowest BCUT2D eigenvalue weighted by molar-refractivity contribution is 0.112. The van der Waals surface area contributed by atoms with Crippen LogP contribution >= 0.6 is 0 Å². The maximum atomic E-state index is 2.59. The number of rotatable bonds is 7. The van der Waals surface area contributed by atoms with Crippen LogP contribution in [-0.4, -0.2) is 0 Å². The summed E-state index contributed by atoms with van der Waals surface area (Å²) in [5.74, 6) is 4.20. The van der Waals surface area contributed by atoms with Crippen LogP contribution in [0.4, 0.5) is 0 Å². The molecule has 0 heteroatoms. The Balaban J connectivity index is 1.85. The van der Waals surface area contributed by atoms with Crippen LogP contribution in [0.3, 0.4) is 0 Å². The third kappa shape index (κ3) is 7.18. The zero-order valence-electron chi connectivity index (χ0n) is 16.3. The van der Waals surface area contributed by atoms with Crippen molar-refractivity contribution in [2.24, 2.45) is 23.7 Å². The van der Waals surface area contributed by atoms with E-state index in [0.29, 0.717) is 0 Å². The first-order chi connectivity index (χ1) is 11.3. The summed E-state index contributed by atoms with van der Waals surface area (Å²) in [5, 5.41) is 0. The fourth-order valence-corrected chi connectivity index (χ4v) is 5.19. The standard InChI is InChI=1S/C23H44/c1-3-4-14-20(2)23(22-17-13-18-22)19-21-15-11-9-7-5-6-8-10-12-16-21/h20-23H,3-19H2,1-2H3. The van der Waals surface area contributed by atoms with E-state index >= 15 is 0 Å². The van der Waals surface area contributed by atoms with Gasteiger partial charge in [-0.05, 0) is 30.1 Å². The molecule has 2 atom stereocenters. The molecule has 136 valence electrons. The Morgan fingerprint density at radius 1 is 0.739 bits per heavy atom. The molecule has 0 N–H and O–H groups in total. The zero-order chi connectivity index (χ0) is 16.3. The summed E-state index contributed by atoms with van der Waals surface area (Å²) in [6.45, 7) is 4.94. The highest BCUT2D eigenvalue weighted by Gasteiger charge is 2.32. The molecule has 0 aromatic heterocycles. The van der Waals surface area contributed by atoms with Gasteiger partial charge in [0.2, 0.25) is 0 Å². The first-order valence-electron chi connectivity index (χ1n) is 11.3. The molecule has 0 saturated heterocycles. The van der Waals surface area contributed by atoms with E-state index in [9.17, 15) is 0 Å². The summed E-state index contributed by atoms with van der Waals surface area (Å²) in [5.41, 5.74) is 0. The van der Waals surface area contributed by atoms with Gasteiger partial charge in [-0.3, -0.25) is 0 Å². The van der Waals surface area contributed by atoms with Crippen molar-refractivity contribution in [3.8, 4) is 0 Å². The molecule has 0 bridgehead atoms. The summed E-state index contributed by atoms with van der Waals surface area (Å²) in [7, 11) is 0. The Morgan fingerprint density at radius 3 is 1.78 bits per heavy atom. The molecule has 0 aliphatic heterocycles.